The van der Waals surface area contributed by atoms with Gasteiger partial charge in [0.25, 0.3) is 0 Å². The quantitative estimate of drug-likeness (QED) is 0.694. The van der Waals surface area contributed by atoms with Gasteiger partial charge >= 0.3 is 11.9 Å². The molecule has 7 heteroatoms. The monoisotopic (exact) mass is 370 g/mol. The molecule has 0 aliphatic rings. The summed E-state index contributed by atoms with van der Waals surface area (Å²) in [7, 11) is 1.33. The molecular formula is C20H22N2O5. The molecule has 0 saturated carbocycles. The van der Waals surface area contributed by atoms with E-state index in [9.17, 15) is 14.4 Å². The number of benzene rings is 2. The normalized spacial score (nSPS) is 10.0. The summed E-state index contributed by atoms with van der Waals surface area (Å²) < 4.78 is 9.63. The maximum Gasteiger partial charge on any atom is 0.340 e. The van der Waals surface area contributed by atoms with Crippen molar-refractivity contribution in [2.24, 2.45) is 0 Å². The van der Waals surface area contributed by atoms with Crippen LogP contribution in [-0.2, 0) is 14.3 Å². The Balaban J connectivity index is 1.86. The fraction of sp³-hybridized carbons (Fsp3) is 0.250. The average molecular weight is 370 g/mol. The van der Waals surface area contributed by atoms with Gasteiger partial charge in [-0.25, -0.2) is 9.59 Å². The molecular weight excluding hydrogens is 348 g/mol. The number of carbonyl (C=O) groups excluding carboxylic acids is 3. The molecule has 0 aromatic heterocycles. The lowest BCUT2D eigenvalue weighted by Crippen LogP contribution is -2.18. The van der Waals surface area contributed by atoms with Crippen molar-refractivity contribution in [2.45, 2.75) is 13.3 Å². The second kappa shape index (κ2) is 9.96. The molecule has 2 N–H and O–H groups in total. The molecule has 2 aromatic carbocycles. The summed E-state index contributed by atoms with van der Waals surface area (Å²) in [5, 5.41) is 5.83. The number of ether oxygens (including phenoxy) is 2. The Kier molecular flexibility index (Phi) is 7.37. The minimum atomic E-state index is -0.475. The average Bonchev–Trinajstić information content (AvgIpc) is 2.68. The number of anilines is 2. The largest absolute Gasteiger partial charge is 0.465 e. The Hall–Kier alpha value is -3.35. The Morgan fingerprint density at radius 3 is 2.33 bits per heavy atom. The van der Waals surface area contributed by atoms with E-state index in [1.54, 1.807) is 55.5 Å². The fourth-order valence-electron chi connectivity index (χ4n) is 2.35. The topological polar surface area (TPSA) is 93.7 Å². The molecule has 0 atom stereocenters. The van der Waals surface area contributed by atoms with Crippen LogP contribution in [0.15, 0.2) is 48.5 Å². The van der Waals surface area contributed by atoms with Gasteiger partial charge in [0.2, 0.25) is 5.91 Å². The van der Waals surface area contributed by atoms with E-state index in [-0.39, 0.29) is 18.9 Å². The second-order valence-electron chi connectivity index (χ2n) is 5.56. The van der Waals surface area contributed by atoms with Gasteiger partial charge in [0.1, 0.15) is 0 Å². The van der Waals surface area contributed by atoms with Crippen molar-refractivity contribution in [2.75, 3.05) is 30.9 Å². The third-order valence-electron chi connectivity index (χ3n) is 3.68. The van der Waals surface area contributed by atoms with Gasteiger partial charge in [-0.15, -0.1) is 0 Å². The lowest BCUT2D eigenvalue weighted by molar-refractivity contribution is -0.115. The SMILES string of the molecule is CCOC(=O)c1ccccc1NC(=O)CCNc1ccc(C(=O)OC)cc1. The van der Waals surface area contributed by atoms with Crippen molar-refractivity contribution in [1.82, 2.24) is 0 Å². The van der Waals surface area contributed by atoms with E-state index in [0.717, 1.165) is 5.69 Å². The summed E-state index contributed by atoms with van der Waals surface area (Å²) in [4.78, 5) is 35.5. The summed E-state index contributed by atoms with van der Waals surface area (Å²) in [6.07, 6.45) is 0.204. The van der Waals surface area contributed by atoms with Crippen molar-refractivity contribution in [1.29, 1.82) is 0 Å². The van der Waals surface area contributed by atoms with Gasteiger partial charge in [0.05, 0.1) is 30.5 Å². The van der Waals surface area contributed by atoms with Crippen LogP contribution in [-0.4, -0.2) is 38.1 Å². The van der Waals surface area contributed by atoms with E-state index >= 15 is 0 Å². The molecule has 2 aromatic rings. The smallest absolute Gasteiger partial charge is 0.340 e. The fourth-order valence-corrected chi connectivity index (χ4v) is 2.35. The number of esters is 2. The second-order valence-corrected chi connectivity index (χ2v) is 5.56. The highest BCUT2D eigenvalue weighted by atomic mass is 16.5. The van der Waals surface area contributed by atoms with Gasteiger partial charge in [-0.3, -0.25) is 4.79 Å². The van der Waals surface area contributed by atoms with Gasteiger partial charge in [0.15, 0.2) is 0 Å². The predicted molar refractivity (Wildman–Crippen MR) is 102 cm³/mol. The van der Waals surface area contributed by atoms with Crippen molar-refractivity contribution < 1.29 is 23.9 Å². The van der Waals surface area contributed by atoms with Gasteiger partial charge < -0.3 is 20.1 Å². The van der Waals surface area contributed by atoms with Crippen LogP contribution in [0.25, 0.3) is 0 Å². The maximum atomic E-state index is 12.2. The molecule has 27 heavy (non-hydrogen) atoms. The zero-order valence-electron chi connectivity index (χ0n) is 15.3. The van der Waals surface area contributed by atoms with E-state index in [4.69, 9.17) is 4.74 Å². The van der Waals surface area contributed by atoms with Crippen LogP contribution in [0.3, 0.4) is 0 Å². The molecule has 0 fully saturated rings. The third kappa shape index (κ3) is 5.85. The number of para-hydroxylation sites is 1. The van der Waals surface area contributed by atoms with Gasteiger partial charge in [0, 0.05) is 18.7 Å². The highest BCUT2D eigenvalue weighted by Gasteiger charge is 2.13. The minimum Gasteiger partial charge on any atom is -0.465 e. The standard InChI is InChI=1S/C20H22N2O5/c1-3-27-20(25)16-6-4-5-7-17(16)22-18(23)12-13-21-15-10-8-14(9-11-15)19(24)26-2/h4-11,21H,3,12-13H2,1-2H3,(H,22,23). The number of methoxy groups -OCH3 is 1. The molecule has 0 bridgehead atoms. The van der Waals surface area contributed by atoms with Crippen LogP contribution in [0.2, 0.25) is 0 Å². The molecule has 0 spiro atoms. The van der Waals surface area contributed by atoms with Gasteiger partial charge in [-0.2, -0.15) is 0 Å². The molecule has 0 heterocycles. The first kappa shape index (κ1) is 20.0. The number of carbonyl (C=O) groups is 3. The Labute approximate surface area is 157 Å². The van der Waals surface area contributed by atoms with Crippen molar-refractivity contribution in [3.63, 3.8) is 0 Å². The number of amides is 1. The molecule has 2 rings (SSSR count). The predicted octanol–water partition coefficient (Wildman–Crippen LogP) is 3.09. The molecule has 0 aliphatic carbocycles. The van der Waals surface area contributed by atoms with Crippen LogP contribution >= 0.6 is 0 Å². The lowest BCUT2D eigenvalue weighted by atomic mass is 10.1. The number of nitrogens with one attached hydrogen (secondary N) is 2. The number of hydrogen-bond acceptors (Lipinski definition) is 6. The Morgan fingerprint density at radius 1 is 0.963 bits per heavy atom. The van der Waals surface area contributed by atoms with Crippen LogP contribution in [0.1, 0.15) is 34.1 Å². The maximum absolute atomic E-state index is 12.2. The zero-order valence-corrected chi connectivity index (χ0v) is 15.3. The summed E-state index contributed by atoms with van der Waals surface area (Å²) >= 11 is 0. The van der Waals surface area contributed by atoms with E-state index in [0.29, 0.717) is 23.4 Å². The van der Waals surface area contributed by atoms with Crippen LogP contribution in [0.4, 0.5) is 11.4 Å². The molecule has 0 saturated heterocycles. The molecule has 1 amide bonds. The first-order chi connectivity index (χ1) is 13.0. The lowest BCUT2D eigenvalue weighted by Gasteiger charge is -2.11. The minimum absolute atomic E-state index is 0.204. The van der Waals surface area contributed by atoms with Gasteiger partial charge in [-0.1, -0.05) is 12.1 Å². The summed E-state index contributed by atoms with van der Waals surface area (Å²) in [5.74, 6) is -1.11. The van der Waals surface area contributed by atoms with E-state index in [2.05, 4.69) is 15.4 Å². The Bertz CT molecular complexity index is 802. The zero-order chi connectivity index (χ0) is 19.6. The first-order valence-corrected chi connectivity index (χ1v) is 8.53. The molecule has 7 nitrogen and oxygen atoms in total. The Morgan fingerprint density at radius 2 is 1.67 bits per heavy atom. The van der Waals surface area contributed by atoms with Gasteiger partial charge in [-0.05, 0) is 43.3 Å². The number of hydrogen-bond donors (Lipinski definition) is 2. The summed E-state index contributed by atoms with van der Waals surface area (Å²) in [6, 6.07) is 13.5. The van der Waals surface area contributed by atoms with Crippen LogP contribution in [0, 0.1) is 0 Å². The molecule has 0 aliphatic heterocycles. The number of rotatable bonds is 8. The van der Waals surface area contributed by atoms with E-state index in [1.165, 1.54) is 7.11 Å². The van der Waals surface area contributed by atoms with Crippen molar-refractivity contribution >= 4 is 29.2 Å². The van der Waals surface area contributed by atoms with Crippen molar-refractivity contribution in [3.05, 3.63) is 59.7 Å². The van der Waals surface area contributed by atoms with E-state index < -0.39 is 11.9 Å². The first-order valence-electron chi connectivity index (χ1n) is 8.53. The van der Waals surface area contributed by atoms with Crippen molar-refractivity contribution in [3.8, 4) is 0 Å². The van der Waals surface area contributed by atoms with Crippen LogP contribution < -0.4 is 10.6 Å². The van der Waals surface area contributed by atoms with Crippen LogP contribution in [0.5, 0.6) is 0 Å². The highest BCUT2D eigenvalue weighted by Crippen LogP contribution is 2.17. The summed E-state index contributed by atoms with van der Waals surface area (Å²) in [5.41, 5.74) is 1.97. The molecule has 142 valence electrons. The third-order valence-corrected chi connectivity index (χ3v) is 3.68. The highest BCUT2D eigenvalue weighted by molar-refractivity contribution is 6.01. The van der Waals surface area contributed by atoms with E-state index in [1.807, 2.05) is 0 Å². The molecule has 0 radical (unpaired) electrons. The molecule has 0 unspecified atom stereocenters. The summed E-state index contributed by atoms with van der Waals surface area (Å²) in [6.45, 7) is 2.38.